The van der Waals surface area contributed by atoms with E-state index >= 15 is 0 Å². The summed E-state index contributed by atoms with van der Waals surface area (Å²) in [7, 11) is 0. The lowest BCUT2D eigenvalue weighted by Gasteiger charge is -2.20. The largest absolute Gasteiger partial charge is 0.478 e. The molecular weight excluding hydrogens is 268 g/mol. The van der Waals surface area contributed by atoms with Gasteiger partial charge in [0, 0.05) is 0 Å². The van der Waals surface area contributed by atoms with Crippen LogP contribution in [0.2, 0.25) is 0 Å². The number of esters is 1. The van der Waals surface area contributed by atoms with E-state index in [0.29, 0.717) is 5.92 Å². The lowest BCUT2D eigenvalue weighted by Crippen LogP contribution is -2.22. The first kappa shape index (κ1) is 17.2. The molecular formula is C17H24O4. The van der Waals surface area contributed by atoms with E-state index in [9.17, 15) is 9.59 Å². The predicted octanol–water partition coefficient (Wildman–Crippen LogP) is 4.15. The Bertz CT molecular complexity index is 479. The van der Waals surface area contributed by atoms with Crippen LogP contribution in [0.5, 0.6) is 0 Å². The molecule has 0 aliphatic rings. The van der Waals surface area contributed by atoms with Gasteiger partial charge in [0.05, 0.1) is 11.1 Å². The number of carboxylic acids is 1. The van der Waals surface area contributed by atoms with E-state index in [1.165, 1.54) is 12.1 Å². The maximum absolute atomic E-state index is 12.2. The molecule has 1 atom stereocenters. The van der Waals surface area contributed by atoms with Crippen LogP contribution in [0.15, 0.2) is 24.3 Å². The predicted molar refractivity (Wildman–Crippen MR) is 81.6 cm³/mol. The third kappa shape index (κ3) is 5.58. The summed E-state index contributed by atoms with van der Waals surface area (Å²) in [5.41, 5.74) is 0.108. The zero-order chi connectivity index (χ0) is 15.8. The second kappa shape index (κ2) is 8.45. The standard InChI is InChI=1S/C17H24O4/c1-4-5-8-13(11-12(2)3)21-17(20)15-10-7-6-9-14(15)16(18)19/h6-7,9-10,12-13H,4-5,8,11H2,1-3H3,(H,18,19). The molecule has 0 heterocycles. The van der Waals surface area contributed by atoms with Crippen molar-refractivity contribution >= 4 is 11.9 Å². The van der Waals surface area contributed by atoms with Gasteiger partial charge >= 0.3 is 11.9 Å². The Balaban J connectivity index is 2.83. The van der Waals surface area contributed by atoms with Gasteiger partial charge in [0.15, 0.2) is 0 Å². The van der Waals surface area contributed by atoms with Crippen LogP contribution in [0.1, 0.15) is 67.2 Å². The number of unbranched alkanes of at least 4 members (excludes halogenated alkanes) is 1. The fourth-order valence-electron chi connectivity index (χ4n) is 2.24. The van der Waals surface area contributed by atoms with Gasteiger partial charge in [0.2, 0.25) is 0 Å². The number of aromatic carboxylic acids is 1. The number of rotatable bonds is 8. The Morgan fingerprint density at radius 3 is 2.33 bits per heavy atom. The number of benzene rings is 1. The monoisotopic (exact) mass is 292 g/mol. The maximum atomic E-state index is 12.2. The van der Waals surface area contributed by atoms with Crippen LogP contribution in [0, 0.1) is 5.92 Å². The van der Waals surface area contributed by atoms with Gasteiger partial charge < -0.3 is 9.84 Å². The van der Waals surface area contributed by atoms with E-state index in [4.69, 9.17) is 9.84 Å². The minimum absolute atomic E-state index is 0.0127. The summed E-state index contributed by atoms with van der Waals surface area (Å²) in [6.07, 6.45) is 3.49. The smallest absolute Gasteiger partial charge is 0.339 e. The SMILES string of the molecule is CCCCC(CC(C)C)OC(=O)c1ccccc1C(=O)O. The number of hydrogen-bond donors (Lipinski definition) is 1. The summed E-state index contributed by atoms with van der Waals surface area (Å²) in [5, 5.41) is 9.13. The van der Waals surface area contributed by atoms with Crippen molar-refractivity contribution in [1.29, 1.82) is 0 Å². The van der Waals surface area contributed by atoms with E-state index < -0.39 is 11.9 Å². The van der Waals surface area contributed by atoms with Crippen molar-refractivity contribution < 1.29 is 19.4 Å². The average molecular weight is 292 g/mol. The molecule has 1 rings (SSSR count). The van der Waals surface area contributed by atoms with Crippen molar-refractivity contribution in [1.82, 2.24) is 0 Å². The Morgan fingerprint density at radius 2 is 1.81 bits per heavy atom. The molecule has 4 nitrogen and oxygen atoms in total. The number of carbonyl (C=O) groups is 2. The van der Waals surface area contributed by atoms with Gasteiger partial charge in [0.25, 0.3) is 0 Å². The van der Waals surface area contributed by atoms with E-state index in [2.05, 4.69) is 20.8 Å². The first-order valence-corrected chi connectivity index (χ1v) is 7.49. The fraction of sp³-hybridized carbons (Fsp3) is 0.529. The second-order valence-corrected chi connectivity index (χ2v) is 5.65. The van der Waals surface area contributed by atoms with Crippen LogP contribution in [0.25, 0.3) is 0 Å². The highest BCUT2D eigenvalue weighted by molar-refractivity contribution is 6.02. The van der Waals surface area contributed by atoms with Gasteiger partial charge in [-0.1, -0.05) is 45.7 Å². The zero-order valence-corrected chi connectivity index (χ0v) is 13.0. The Morgan fingerprint density at radius 1 is 1.19 bits per heavy atom. The topological polar surface area (TPSA) is 63.6 Å². The van der Waals surface area contributed by atoms with Crippen LogP contribution >= 0.6 is 0 Å². The molecule has 0 spiro atoms. The molecule has 21 heavy (non-hydrogen) atoms. The van der Waals surface area contributed by atoms with Crippen LogP contribution in [-0.2, 0) is 4.74 Å². The van der Waals surface area contributed by atoms with E-state index in [0.717, 1.165) is 25.7 Å². The molecule has 0 saturated carbocycles. The van der Waals surface area contributed by atoms with Gasteiger partial charge in [-0.3, -0.25) is 0 Å². The molecule has 1 N–H and O–H groups in total. The lowest BCUT2D eigenvalue weighted by atomic mass is 10.0. The average Bonchev–Trinajstić information content (AvgIpc) is 2.44. The minimum atomic E-state index is -1.11. The summed E-state index contributed by atoms with van der Waals surface area (Å²) in [6, 6.07) is 6.16. The molecule has 1 unspecified atom stereocenters. The molecule has 0 aromatic heterocycles. The number of carboxylic acid groups (broad SMARTS) is 1. The molecule has 0 aliphatic heterocycles. The summed E-state index contributed by atoms with van der Waals surface area (Å²) in [6.45, 7) is 6.25. The van der Waals surface area contributed by atoms with Gasteiger partial charge in [-0.15, -0.1) is 0 Å². The molecule has 1 aromatic carbocycles. The van der Waals surface area contributed by atoms with E-state index in [1.807, 2.05) is 0 Å². The van der Waals surface area contributed by atoms with Crippen molar-refractivity contribution in [3.8, 4) is 0 Å². The molecule has 0 radical (unpaired) electrons. The molecule has 4 heteroatoms. The highest BCUT2D eigenvalue weighted by Gasteiger charge is 2.21. The molecule has 1 aromatic rings. The van der Waals surface area contributed by atoms with E-state index in [1.54, 1.807) is 12.1 Å². The van der Waals surface area contributed by atoms with Gasteiger partial charge in [-0.2, -0.15) is 0 Å². The highest BCUT2D eigenvalue weighted by Crippen LogP contribution is 2.18. The number of carbonyl (C=O) groups excluding carboxylic acids is 1. The minimum Gasteiger partial charge on any atom is -0.478 e. The van der Waals surface area contributed by atoms with Crippen LogP contribution in [0.4, 0.5) is 0 Å². The van der Waals surface area contributed by atoms with E-state index in [-0.39, 0.29) is 17.2 Å². The number of hydrogen-bond acceptors (Lipinski definition) is 3. The molecule has 0 amide bonds. The maximum Gasteiger partial charge on any atom is 0.339 e. The highest BCUT2D eigenvalue weighted by atomic mass is 16.5. The third-order valence-corrected chi connectivity index (χ3v) is 3.27. The summed E-state index contributed by atoms with van der Waals surface area (Å²) in [5.74, 6) is -1.24. The van der Waals surface area contributed by atoms with Crippen molar-refractivity contribution in [2.75, 3.05) is 0 Å². The summed E-state index contributed by atoms with van der Waals surface area (Å²) in [4.78, 5) is 23.4. The molecule has 116 valence electrons. The Labute approximate surface area is 126 Å². The molecule has 0 bridgehead atoms. The normalized spacial score (nSPS) is 12.2. The van der Waals surface area contributed by atoms with Crippen molar-refractivity contribution in [3.63, 3.8) is 0 Å². The molecule has 0 saturated heterocycles. The lowest BCUT2D eigenvalue weighted by molar-refractivity contribution is 0.0222. The van der Waals surface area contributed by atoms with Crippen LogP contribution < -0.4 is 0 Å². The van der Waals surface area contributed by atoms with Crippen LogP contribution in [0.3, 0.4) is 0 Å². The van der Waals surface area contributed by atoms with Gasteiger partial charge in [-0.25, -0.2) is 9.59 Å². The quantitative estimate of drug-likeness (QED) is 0.731. The zero-order valence-electron chi connectivity index (χ0n) is 13.0. The van der Waals surface area contributed by atoms with Crippen LogP contribution in [-0.4, -0.2) is 23.1 Å². The third-order valence-electron chi connectivity index (χ3n) is 3.27. The Kier molecular flexibility index (Phi) is 6.92. The molecule has 0 fully saturated rings. The van der Waals surface area contributed by atoms with Gasteiger partial charge in [0.1, 0.15) is 6.10 Å². The van der Waals surface area contributed by atoms with Crippen molar-refractivity contribution in [3.05, 3.63) is 35.4 Å². The fourth-order valence-corrected chi connectivity index (χ4v) is 2.24. The van der Waals surface area contributed by atoms with Gasteiger partial charge in [-0.05, 0) is 30.9 Å². The Hall–Kier alpha value is -1.84. The first-order valence-electron chi connectivity index (χ1n) is 7.49. The summed E-state index contributed by atoms with van der Waals surface area (Å²) < 4.78 is 5.54. The molecule has 0 aliphatic carbocycles. The first-order chi connectivity index (χ1) is 9.95. The van der Waals surface area contributed by atoms with Crippen molar-refractivity contribution in [2.45, 2.75) is 52.6 Å². The second-order valence-electron chi connectivity index (χ2n) is 5.65. The summed E-state index contributed by atoms with van der Waals surface area (Å²) >= 11 is 0. The van der Waals surface area contributed by atoms with Crippen molar-refractivity contribution in [2.24, 2.45) is 5.92 Å². The number of ether oxygens (including phenoxy) is 1.